The Morgan fingerprint density at radius 2 is 1.81 bits per heavy atom. The molecular weight excluding hydrogens is 448 g/mol. The predicted molar refractivity (Wildman–Crippen MR) is 127 cm³/mol. The van der Waals surface area contributed by atoms with Crippen LogP contribution in [-0.2, 0) is 16.4 Å². The number of nitrogens with zero attached hydrogens (tertiary/aromatic N) is 1. The third-order valence-corrected chi connectivity index (χ3v) is 8.66. The number of H-pyrrole nitrogens is 1. The first-order chi connectivity index (χ1) is 15.0. The van der Waals surface area contributed by atoms with E-state index in [0.29, 0.717) is 18.0 Å². The molecule has 7 heteroatoms. The first kappa shape index (κ1) is 20.6. The van der Waals surface area contributed by atoms with Crippen molar-refractivity contribution in [3.63, 3.8) is 0 Å². The number of halogens is 1. The molecule has 158 valence electrons. The standard InChI is InChI=1S/C24H21ClN2O2S2/c1-30-18-11-9-16(10-12-18)24-23-21(20-7-2-3-8-22(20)26-23)13-14-27(24)31(28,29)19-6-4-5-17(25)15-19/h2-12,15,24,26H,13-14H2,1H3/t24-/m1/s1. The zero-order chi connectivity index (χ0) is 21.6. The summed E-state index contributed by atoms with van der Waals surface area (Å²) in [6, 6.07) is 22.3. The molecule has 2 heterocycles. The van der Waals surface area contributed by atoms with Crippen LogP contribution in [0.1, 0.15) is 22.9 Å². The van der Waals surface area contributed by atoms with E-state index in [1.54, 1.807) is 34.3 Å². The number of nitrogens with one attached hydrogen (secondary N) is 1. The minimum Gasteiger partial charge on any atom is -0.357 e. The van der Waals surface area contributed by atoms with E-state index in [-0.39, 0.29) is 4.90 Å². The van der Waals surface area contributed by atoms with Crippen LogP contribution in [-0.4, -0.2) is 30.5 Å². The lowest BCUT2D eigenvalue weighted by Crippen LogP contribution is -2.40. The number of rotatable bonds is 4. The molecule has 1 aliphatic rings. The summed E-state index contributed by atoms with van der Waals surface area (Å²) in [6.45, 7) is 0.401. The van der Waals surface area contributed by atoms with Crippen molar-refractivity contribution in [3.05, 3.63) is 94.6 Å². The van der Waals surface area contributed by atoms with Gasteiger partial charge < -0.3 is 4.98 Å². The summed E-state index contributed by atoms with van der Waals surface area (Å²) in [6.07, 6.45) is 2.68. The maximum Gasteiger partial charge on any atom is 0.244 e. The molecule has 1 N–H and O–H groups in total. The molecule has 0 saturated carbocycles. The molecule has 0 unspecified atom stereocenters. The van der Waals surface area contributed by atoms with Gasteiger partial charge in [-0.3, -0.25) is 0 Å². The molecule has 0 radical (unpaired) electrons. The zero-order valence-corrected chi connectivity index (χ0v) is 19.3. The van der Waals surface area contributed by atoms with E-state index in [1.807, 2.05) is 48.7 Å². The first-order valence-electron chi connectivity index (χ1n) is 10.00. The number of benzene rings is 3. The van der Waals surface area contributed by atoms with Gasteiger partial charge in [0.2, 0.25) is 10.0 Å². The molecular formula is C24H21ClN2O2S2. The molecule has 5 rings (SSSR count). The van der Waals surface area contributed by atoms with Crippen LogP contribution >= 0.6 is 23.4 Å². The van der Waals surface area contributed by atoms with Crippen LogP contribution in [0.25, 0.3) is 10.9 Å². The van der Waals surface area contributed by atoms with E-state index in [9.17, 15) is 8.42 Å². The van der Waals surface area contributed by atoms with Crippen LogP contribution in [0.5, 0.6) is 0 Å². The first-order valence-corrected chi connectivity index (χ1v) is 13.0. The smallest absolute Gasteiger partial charge is 0.244 e. The molecule has 1 atom stereocenters. The minimum absolute atomic E-state index is 0.213. The van der Waals surface area contributed by atoms with Crippen LogP contribution in [0, 0.1) is 0 Å². The predicted octanol–water partition coefficient (Wildman–Crippen LogP) is 5.88. The lowest BCUT2D eigenvalue weighted by Gasteiger charge is -2.35. The number of hydrogen-bond donors (Lipinski definition) is 1. The average Bonchev–Trinajstić information content (AvgIpc) is 3.17. The number of aromatic nitrogens is 1. The van der Waals surface area contributed by atoms with Crippen molar-refractivity contribution < 1.29 is 8.42 Å². The van der Waals surface area contributed by atoms with Crippen LogP contribution in [0.15, 0.2) is 82.6 Å². The van der Waals surface area contributed by atoms with Crippen molar-refractivity contribution in [3.8, 4) is 0 Å². The van der Waals surface area contributed by atoms with Crippen LogP contribution in [0.2, 0.25) is 5.02 Å². The van der Waals surface area contributed by atoms with Gasteiger partial charge in [-0.1, -0.05) is 48.0 Å². The van der Waals surface area contributed by atoms with Crippen molar-refractivity contribution in [2.75, 3.05) is 12.8 Å². The highest BCUT2D eigenvalue weighted by Crippen LogP contribution is 2.41. The Labute approximate surface area is 191 Å². The van der Waals surface area contributed by atoms with Gasteiger partial charge in [-0.05, 0) is 60.2 Å². The monoisotopic (exact) mass is 468 g/mol. The van der Waals surface area contributed by atoms with Gasteiger partial charge in [0.05, 0.1) is 10.9 Å². The largest absolute Gasteiger partial charge is 0.357 e. The van der Waals surface area contributed by atoms with Gasteiger partial charge in [-0.25, -0.2) is 8.42 Å². The normalized spacial score (nSPS) is 17.0. The maximum atomic E-state index is 13.7. The van der Waals surface area contributed by atoms with Gasteiger partial charge in [-0.15, -0.1) is 11.8 Å². The summed E-state index contributed by atoms with van der Waals surface area (Å²) in [5.41, 5.74) is 4.10. The molecule has 1 aromatic heterocycles. The SMILES string of the molecule is CSc1ccc([C@@H]2c3[nH]c4ccccc4c3CCN2S(=O)(=O)c2cccc(Cl)c2)cc1. The number of sulfonamides is 1. The van der Waals surface area contributed by atoms with Gasteiger partial charge in [0, 0.05) is 33.1 Å². The highest BCUT2D eigenvalue weighted by molar-refractivity contribution is 7.98. The topological polar surface area (TPSA) is 53.2 Å². The van der Waals surface area contributed by atoms with Crippen LogP contribution in [0.3, 0.4) is 0 Å². The fraction of sp³-hybridized carbons (Fsp3) is 0.167. The maximum absolute atomic E-state index is 13.7. The lowest BCUT2D eigenvalue weighted by atomic mass is 9.94. The van der Waals surface area contributed by atoms with Gasteiger partial charge >= 0.3 is 0 Å². The summed E-state index contributed by atoms with van der Waals surface area (Å²) in [5, 5.41) is 1.56. The third kappa shape index (κ3) is 3.57. The quantitative estimate of drug-likeness (QED) is 0.380. The summed E-state index contributed by atoms with van der Waals surface area (Å²) in [5.74, 6) is 0. The number of aromatic amines is 1. The molecule has 1 aliphatic heterocycles. The highest BCUT2D eigenvalue weighted by Gasteiger charge is 2.39. The summed E-state index contributed by atoms with van der Waals surface area (Å²) in [7, 11) is -3.75. The summed E-state index contributed by atoms with van der Waals surface area (Å²) in [4.78, 5) is 4.87. The fourth-order valence-electron chi connectivity index (χ4n) is 4.36. The van der Waals surface area contributed by atoms with Gasteiger partial charge in [0.1, 0.15) is 0 Å². The van der Waals surface area contributed by atoms with Crippen molar-refractivity contribution in [2.24, 2.45) is 0 Å². The van der Waals surface area contributed by atoms with E-state index in [2.05, 4.69) is 11.1 Å². The second-order valence-electron chi connectivity index (χ2n) is 7.56. The lowest BCUT2D eigenvalue weighted by molar-refractivity contribution is 0.340. The van der Waals surface area contributed by atoms with Gasteiger partial charge in [0.15, 0.2) is 0 Å². The summed E-state index contributed by atoms with van der Waals surface area (Å²) >= 11 is 7.78. The Hall–Kier alpha value is -2.25. The Morgan fingerprint density at radius 1 is 1.03 bits per heavy atom. The number of para-hydroxylation sites is 1. The van der Waals surface area contributed by atoms with E-state index in [1.165, 1.54) is 11.6 Å². The van der Waals surface area contributed by atoms with Crippen molar-refractivity contribution in [1.29, 1.82) is 0 Å². The molecule has 0 bridgehead atoms. The fourth-order valence-corrected chi connectivity index (χ4v) is 6.66. The molecule has 0 amide bonds. The Morgan fingerprint density at radius 3 is 2.55 bits per heavy atom. The van der Waals surface area contributed by atoms with Crippen LogP contribution < -0.4 is 0 Å². The molecule has 0 fully saturated rings. The molecule has 0 spiro atoms. The molecule has 4 aromatic rings. The van der Waals surface area contributed by atoms with Crippen molar-refractivity contribution in [1.82, 2.24) is 9.29 Å². The van der Waals surface area contributed by atoms with Gasteiger partial charge in [0.25, 0.3) is 0 Å². The highest BCUT2D eigenvalue weighted by atomic mass is 35.5. The molecule has 4 nitrogen and oxygen atoms in total. The van der Waals surface area contributed by atoms with E-state index in [0.717, 1.165) is 27.1 Å². The number of hydrogen-bond acceptors (Lipinski definition) is 3. The molecule has 0 aliphatic carbocycles. The number of thioether (sulfide) groups is 1. The third-order valence-electron chi connectivity index (χ3n) is 5.82. The van der Waals surface area contributed by atoms with Crippen molar-refractivity contribution in [2.45, 2.75) is 22.3 Å². The Balaban J connectivity index is 1.70. The van der Waals surface area contributed by atoms with Crippen molar-refractivity contribution >= 4 is 44.3 Å². The van der Waals surface area contributed by atoms with E-state index < -0.39 is 16.1 Å². The molecule has 0 saturated heterocycles. The van der Waals surface area contributed by atoms with E-state index >= 15 is 0 Å². The Kier molecular flexibility index (Phi) is 5.34. The molecule has 3 aromatic carbocycles. The second-order valence-corrected chi connectivity index (χ2v) is 10.8. The van der Waals surface area contributed by atoms with E-state index in [4.69, 9.17) is 11.6 Å². The molecule has 31 heavy (non-hydrogen) atoms. The Bertz CT molecular complexity index is 1360. The minimum atomic E-state index is -3.75. The zero-order valence-electron chi connectivity index (χ0n) is 16.9. The average molecular weight is 469 g/mol. The summed E-state index contributed by atoms with van der Waals surface area (Å²) < 4.78 is 29.0. The second kappa shape index (κ2) is 8.02. The van der Waals surface area contributed by atoms with Gasteiger partial charge in [-0.2, -0.15) is 4.31 Å². The van der Waals surface area contributed by atoms with Crippen LogP contribution in [0.4, 0.5) is 0 Å². The number of fused-ring (bicyclic) bond motifs is 3.